The number of aromatic nitrogens is 2. The summed E-state index contributed by atoms with van der Waals surface area (Å²) in [5.41, 5.74) is 3.72. The van der Waals surface area contributed by atoms with Crippen molar-refractivity contribution in [3.8, 4) is 11.4 Å². The van der Waals surface area contributed by atoms with Gasteiger partial charge in [-0.1, -0.05) is 30.3 Å². The van der Waals surface area contributed by atoms with Gasteiger partial charge in [0.05, 0.1) is 11.4 Å². The molecule has 0 unspecified atom stereocenters. The van der Waals surface area contributed by atoms with Gasteiger partial charge in [-0.2, -0.15) is 0 Å². The molecule has 128 valence electrons. The number of halogens is 2. The molecule has 3 aromatic rings. The number of imidazole rings is 1. The number of benzene rings is 2. The summed E-state index contributed by atoms with van der Waals surface area (Å²) in [5.74, 6) is 0.188. The maximum Gasteiger partial charge on any atom is 0.140 e. The zero-order valence-corrected chi connectivity index (χ0v) is 14.0. The van der Waals surface area contributed by atoms with Crippen LogP contribution in [0.3, 0.4) is 0 Å². The number of fused-ring (bicyclic) bond motifs is 1. The Balaban J connectivity index is 1.59. The van der Waals surface area contributed by atoms with Crippen LogP contribution in [0.5, 0.6) is 0 Å². The molecule has 0 fully saturated rings. The fourth-order valence-corrected chi connectivity index (χ4v) is 3.43. The summed E-state index contributed by atoms with van der Waals surface area (Å²) in [4.78, 5) is 6.93. The van der Waals surface area contributed by atoms with Crippen LogP contribution in [0.25, 0.3) is 11.4 Å². The van der Waals surface area contributed by atoms with E-state index in [0.717, 1.165) is 41.8 Å². The third-order valence-corrected chi connectivity index (χ3v) is 4.77. The molecular formula is C20H19F2N3. The zero-order valence-electron chi connectivity index (χ0n) is 14.0. The summed E-state index contributed by atoms with van der Waals surface area (Å²) in [6.45, 7) is 1.87. The van der Waals surface area contributed by atoms with Crippen molar-refractivity contribution in [3.05, 3.63) is 77.1 Å². The van der Waals surface area contributed by atoms with Gasteiger partial charge in [0.2, 0.25) is 0 Å². The van der Waals surface area contributed by atoms with E-state index < -0.39 is 5.82 Å². The van der Waals surface area contributed by atoms with Gasteiger partial charge in [0.15, 0.2) is 0 Å². The van der Waals surface area contributed by atoms with Crippen LogP contribution >= 0.6 is 0 Å². The normalized spacial score (nSPS) is 14.5. The van der Waals surface area contributed by atoms with Crippen molar-refractivity contribution in [2.45, 2.75) is 19.5 Å². The highest BCUT2D eigenvalue weighted by atomic mass is 19.1. The Morgan fingerprint density at radius 3 is 2.68 bits per heavy atom. The molecule has 0 atom stereocenters. The van der Waals surface area contributed by atoms with Gasteiger partial charge < -0.3 is 4.57 Å². The van der Waals surface area contributed by atoms with Crippen LogP contribution in [0, 0.1) is 11.6 Å². The molecular weight excluding hydrogens is 320 g/mol. The first-order valence-corrected chi connectivity index (χ1v) is 8.38. The van der Waals surface area contributed by atoms with Gasteiger partial charge >= 0.3 is 0 Å². The number of nitrogens with zero attached hydrogens (tertiary/aromatic N) is 3. The lowest BCUT2D eigenvalue weighted by atomic mass is 10.1. The third kappa shape index (κ3) is 3.07. The lowest BCUT2D eigenvalue weighted by molar-refractivity contribution is 0.235. The van der Waals surface area contributed by atoms with Gasteiger partial charge in [0.25, 0.3) is 0 Å². The van der Waals surface area contributed by atoms with Gasteiger partial charge in [0, 0.05) is 44.2 Å². The Morgan fingerprint density at radius 1 is 1.08 bits per heavy atom. The molecule has 2 heterocycles. The molecule has 3 nitrogen and oxygen atoms in total. The zero-order chi connectivity index (χ0) is 17.4. The lowest BCUT2D eigenvalue weighted by Crippen LogP contribution is -2.31. The molecule has 0 aliphatic carbocycles. The highest BCUT2D eigenvalue weighted by molar-refractivity contribution is 5.56. The smallest absolute Gasteiger partial charge is 0.140 e. The van der Waals surface area contributed by atoms with Crippen molar-refractivity contribution < 1.29 is 8.78 Å². The van der Waals surface area contributed by atoms with Crippen molar-refractivity contribution in [2.75, 3.05) is 6.54 Å². The molecule has 0 radical (unpaired) electrons. The maximum atomic E-state index is 13.9. The van der Waals surface area contributed by atoms with Gasteiger partial charge in [-0.05, 0) is 18.2 Å². The maximum absolute atomic E-state index is 13.9. The van der Waals surface area contributed by atoms with E-state index in [4.69, 9.17) is 4.98 Å². The summed E-state index contributed by atoms with van der Waals surface area (Å²) < 4.78 is 29.4. The van der Waals surface area contributed by atoms with Crippen LogP contribution < -0.4 is 0 Å². The van der Waals surface area contributed by atoms with E-state index in [9.17, 15) is 8.78 Å². The van der Waals surface area contributed by atoms with Gasteiger partial charge in [-0.3, -0.25) is 4.90 Å². The quantitative estimate of drug-likeness (QED) is 0.721. The summed E-state index contributed by atoms with van der Waals surface area (Å²) in [6, 6.07) is 13.7. The minimum Gasteiger partial charge on any atom is -0.330 e. The van der Waals surface area contributed by atoms with Crippen LogP contribution in [-0.4, -0.2) is 21.0 Å². The summed E-state index contributed by atoms with van der Waals surface area (Å²) in [6.07, 6.45) is 0.812. The second kappa shape index (κ2) is 6.41. The average molecular weight is 339 g/mol. The number of rotatable bonds is 3. The fraction of sp³-hybridized carbons (Fsp3) is 0.250. The highest BCUT2D eigenvalue weighted by Crippen LogP contribution is 2.26. The Morgan fingerprint density at radius 2 is 1.88 bits per heavy atom. The van der Waals surface area contributed by atoms with Gasteiger partial charge in [-0.25, -0.2) is 13.8 Å². The first-order chi connectivity index (χ1) is 12.1. The molecule has 5 heteroatoms. The van der Waals surface area contributed by atoms with E-state index in [2.05, 4.69) is 9.47 Å². The van der Waals surface area contributed by atoms with E-state index in [1.807, 2.05) is 37.4 Å². The molecule has 0 saturated heterocycles. The molecule has 0 spiro atoms. The minimum atomic E-state index is -0.402. The summed E-state index contributed by atoms with van der Waals surface area (Å²) in [7, 11) is 2.01. The standard InChI is InChI=1S/C20H19F2N3/c1-24-19-13-25(12-15-11-16(21)7-8-17(15)22)10-9-18(19)23-20(24)14-5-3-2-4-6-14/h2-8,11H,9-10,12-13H2,1H3. The van der Waals surface area contributed by atoms with E-state index in [1.165, 1.54) is 12.1 Å². The second-order valence-corrected chi connectivity index (χ2v) is 6.45. The van der Waals surface area contributed by atoms with Gasteiger partial charge in [-0.15, -0.1) is 0 Å². The summed E-state index contributed by atoms with van der Waals surface area (Å²) in [5, 5.41) is 0. The van der Waals surface area contributed by atoms with Crippen LogP contribution in [-0.2, 0) is 26.6 Å². The SMILES string of the molecule is Cn1c(-c2ccccc2)nc2c1CN(Cc1cc(F)ccc1F)CC2. The topological polar surface area (TPSA) is 21.1 Å². The highest BCUT2D eigenvalue weighted by Gasteiger charge is 2.24. The molecule has 0 saturated carbocycles. The van der Waals surface area contributed by atoms with E-state index in [-0.39, 0.29) is 5.82 Å². The molecule has 1 aromatic heterocycles. The predicted octanol–water partition coefficient (Wildman–Crippen LogP) is 3.92. The molecule has 1 aliphatic rings. The van der Waals surface area contributed by atoms with Crippen LogP contribution in [0.4, 0.5) is 8.78 Å². The van der Waals surface area contributed by atoms with Crippen molar-refractivity contribution >= 4 is 0 Å². The monoisotopic (exact) mass is 339 g/mol. The number of hydrogen-bond acceptors (Lipinski definition) is 2. The molecule has 0 N–H and O–H groups in total. The minimum absolute atomic E-state index is 0.359. The van der Waals surface area contributed by atoms with Crippen molar-refractivity contribution in [1.82, 2.24) is 14.5 Å². The largest absolute Gasteiger partial charge is 0.330 e. The van der Waals surface area contributed by atoms with E-state index in [0.29, 0.717) is 18.7 Å². The predicted molar refractivity (Wildman–Crippen MR) is 92.8 cm³/mol. The molecule has 0 bridgehead atoms. The van der Waals surface area contributed by atoms with Crippen LogP contribution in [0.15, 0.2) is 48.5 Å². The average Bonchev–Trinajstić information content (AvgIpc) is 2.95. The molecule has 25 heavy (non-hydrogen) atoms. The number of hydrogen-bond donors (Lipinski definition) is 0. The Bertz CT molecular complexity index is 903. The molecule has 0 amide bonds. The second-order valence-electron chi connectivity index (χ2n) is 6.45. The Labute approximate surface area is 145 Å². The van der Waals surface area contributed by atoms with Crippen molar-refractivity contribution in [2.24, 2.45) is 7.05 Å². The Kier molecular flexibility index (Phi) is 4.09. The molecule has 4 rings (SSSR count). The lowest BCUT2D eigenvalue weighted by Gasteiger charge is -2.27. The first kappa shape index (κ1) is 16.0. The molecule has 2 aromatic carbocycles. The van der Waals surface area contributed by atoms with Crippen molar-refractivity contribution in [1.29, 1.82) is 0 Å². The summed E-state index contributed by atoms with van der Waals surface area (Å²) >= 11 is 0. The first-order valence-electron chi connectivity index (χ1n) is 8.38. The van der Waals surface area contributed by atoms with Gasteiger partial charge in [0.1, 0.15) is 17.5 Å². The van der Waals surface area contributed by atoms with E-state index in [1.54, 1.807) is 0 Å². The van der Waals surface area contributed by atoms with Crippen LogP contribution in [0.1, 0.15) is 17.0 Å². The van der Waals surface area contributed by atoms with E-state index >= 15 is 0 Å². The molecule has 1 aliphatic heterocycles. The van der Waals surface area contributed by atoms with Crippen molar-refractivity contribution in [3.63, 3.8) is 0 Å². The Hall–Kier alpha value is -2.53. The fourth-order valence-electron chi connectivity index (χ4n) is 3.43. The third-order valence-electron chi connectivity index (χ3n) is 4.77. The van der Waals surface area contributed by atoms with Crippen LogP contribution in [0.2, 0.25) is 0 Å².